The molecule has 0 saturated heterocycles. The number of methoxy groups -OCH3 is 2. The molecule has 1 aromatic rings. The molecule has 0 aliphatic carbocycles. The number of alkyl halides is 1. The number of hydrogen-bond donors (Lipinski definition) is 0. The van der Waals surface area contributed by atoms with Crippen molar-refractivity contribution in [1.82, 2.24) is 0 Å². The van der Waals surface area contributed by atoms with Crippen molar-refractivity contribution >= 4 is 15.9 Å². The van der Waals surface area contributed by atoms with Gasteiger partial charge in [0.2, 0.25) is 0 Å². The summed E-state index contributed by atoms with van der Waals surface area (Å²) in [6, 6.07) is 5.96. The fourth-order valence-electron chi connectivity index (χ4n) is 1.85. The van der Waals surface area contributed by atoms with Crippen LogP contribution < -0.4 is 9.47 Å². The largest absolute Gasteiger partial charge is 0.497 e. The topological polar surface area (TPSA) is 18.5 Å². The Morgan fingerprint density at radius 3 is 2.53 bits per heavy atom. The summed E-state index contributed by atoms with van der Waals surface area (Å²) < 4.78 is 10.6. The maximum atomic E-state index is 5.37. The zero-order valence-electron chi connectivity index (χ0n) is 10.8. The zero-order chi connectivity index (χ0) is 12.7. The molecule has 0 aliphatic heterocycles. The van der Waals surface area contributed by atoms with E-state index in [2.05, 4.69) is 28.9 Å². The molecule has 0 N–H and O–H groups in total. The van der Waals surface area contributed by atoms with E-state index in [0.29, 0.717) is 4.83 Å². The molecular weight excluding hydrogens is 280 g/mol. The Bertz CT molecular complexity index is 339. The van der Waals surface area contributed by atoms with Gasteiger partial charge in [-0.25, -0.2) is 0 Å². The van der Waals surface area contributed by atoms with E-state index < -0.39 is 0 Å². The Balaban J connectivity index is 2.67. The third kappa shape index (κ3) is 4.58. The maximum absolute atomic E-state index is 5.37. The predicted octanol–water partition coefficient (Wildman–Crippen LogP) is 4.20. The first-order chi connectivity index (χ1) is 8.21. The Morgan fingerprint density at radius 2 is 1.94 bits per heavy atom. The van der Waals surface area contributed by atoms with Gasteiger partial charge in [0.25, 0.3) is 0 Å². The molecule has 96 valence electrons. The summed E-state index contributed by atoms with van der Waals surface area (Å²) in [6.07, 6.45) is 4.56. The van der Waals surface area contributed by atoms with Crippen LogP contribution in [0.4, 0.5) is 0 Å². The molecule has 0 aromatic heterocycles. The van der Waals surface area contributed by atoms with E-state index >= 15 is 0 Å². The van der Waals surface area contributed by atoms with Crippen LogP contribution in [0.5, 0.6) is 11.5 Å². The predicted molar refractivity (Wildman–Crippen MR) is 75.5 cm³/mol. The van der Waals surface area contributed by atoms with Gasteiger partial charge in [-0.1, -0.05) is 29.3 Å². The Morgan fingerprint density at radius 1 is 1.18 bits per heavy atom. The third-order valence-corrected chi connectivity index (χ3v) is 3.73. The summed E-state index contributed by atoms with van der Waals surface area (Å²) in [5.41, 5.74) is 1.22. The van der Waals surface area contributed by atoms with E-state index in [1.165, 1.54) is 18.4 Å². The van der Waals surface area contributed by atoms with Gasteiger partial charge in [0.15, 0.2) is 0 Å². The number of rotatable bonds is 7. The second kappa shape index (κ2) is 7.59. The number of hydrogen-bond acceptors (Lipinski definition) is 2. The van der Waals surface area contributed by atoms with E-state index in [9.17, 15) is 0 Å². The lowest BCUT2D eigenvalue weighted by atomic mass is 10.0. The van der Waals surface area contributed by atoms with Gasteiger partial charge in [-0.3, -0.25) is 0 Å². The van der Waals surface area contributed by atoms with Gasteiger partial charge in [-0.2, -0.15) is 0 Å². The normalized spacial score (nSPS) is 12.2. The van der Waals surface area contributed by atoms with Crippen molar-refractivity contribution in [3.8, 4) is 11.5 Å². The molecule has 0 heterocycles. The standard InChI is InChI=1S/C14H21BrO2/c1-4-5-12(15)7-6-11-10-13(16-2)8-9-14(11)17-3/h8-10,12H,4-7H2,1-3H3. The lowest BCUT2D eigenvalue weighted by molar-refractivity contribution is 0.398. The lowest BCUT2D eigenvalue weighted by Crippen LogP contribution is -2.01. The van der Waals surface area contributed by atoms with Crippen LogP contribution in [0.25, 0.3) is 0 Å². The maximum Gasteiger partial charge on any atom is 0.122 e. The Hall–Kier alpha value is -0.700. The van der Waals surface area contributed by atoms with E-state index in [1.807, 2.05) is 12.1 Å². The summed E-state index contributed by atoms with van der Waals surface area (Å²) in [5, 5.41) is 0. The molecule has 0 bridgehead atoms. The lowest BCUT2D eigenvalue weighted by Gasteiger charge is -2.12. The van der Waals surface area contributed by atoms with Gasteiger partial charge in [0.1, 0.15) is 11.5 Å². The molecule has 1 aromatic carbocycles. The molecule has 1 rings (SSSR count). The Labute approximate surface area is 112 Å². The summed E-state index contributed by atoms with van der Waals surface area (Å²) in [4.78, 5) is 0.586. The van der Waals surface area contributed by atoms with Crippen molar-refractivity contribution in [3.63, 3.8) is 0 Å². The van der Waals surface area contributed by atoms with E-state index in [1.54, 1.807) is 14.2 Å². The Kier molecular flexibility index (Phi) is 6.41. The van der Waals surface area contributed by atoms with Gasteiger partial charge >= 0.3 is 0 Å². The number of aryl methyl sites for hydroxylation is 1. The van der Waals surface area contributed by atoms with Crippen LogP contribution in [-0.2, 0) is 6.42 Å². The van der Waals surface area contributed by atoms with Crippen molar-refractivity contribution in [2.24, 2.45) is 0 Å². The highest BCUT2D eigenvalue weighted by Gasteiger charge is 2.08. The van der Waals surface area contributed by atoms with Gasteiger partial charge in [-0.15, -0.1) is 0 Å². The van der Waals surface area contributed by atoms with Gasteiger partial charge in [-0.05, 0) is 43.0 Å². The molecule has 0 fully saturated rings. The molecule has 0 aliphatic rings. The van der Waals surface area contributed by atoms with Crippen molar-refractivity contribution < 1.29 is 9.47 Å². The minimum Gasteiger partial charge on any atom is -0.497 e. The van der Waals surface area contributed by atoms with E-state index in [4.69, 9.17) is 9.47 Å². The second-order valence-electron chi connectivity index (χ2n) is 4.10. The second-order valence-corrected chi connectivity index (χ2v) is 5.40. The average Bonchev–Trinajstić information content (AvgIpc) is 2.36. The van der Waals surface area contributed by atoms with Crippen molar-refractivity contribution in [3.05, 3.63) is 23.8 Å². The van der Waals surface area contributed by atoms with Crippen LogP contribution in [0.15, 0.2) is 18.2 Å². The number of ether oxygens (including phenoxy) is 2. The van der Waals surface area contributed by atoms with Crippen LogP contribution in [0, 0.1) is 0 Å². The smallest absolute Gasteiger partial charge is 0.122 e. The molecule has 1 unspecified atom stereocenters. The fraction of sp³-hybridized carbons (Fsp3) is 0.571. The van der Waals surface area contributed by atoms with Crippen molar-refractivity contribution in [2.75, 3.05) is 14.2 Å². The van der Waals surface area contributed by atoms with Gasteiger partial charge < -0.3 is 9.47 Å². The number of halogens is 1. The van der Waals surface area contributed by atoms with Crippen LogP contribution in [0.2, 0.25) is 0 Å². The van der Waals surface area contributed by atoms with E-state index in [0.717, 1.165) is 24.3 Å². The fourth-order valence-corrected chi connectivity index (χ4v) is 2.53. The minimum atomic E-state index is 0.586. The monoisotopic (exact) mass is 300 g/mol. The van der Waals surface area contributed by atoms with Crippen molar-refractivity contribution in [1.29, 1.82) is 0 Å². The molecule has 2 nitrogen and oxygen atoms in total. The third-order valence-electron chi connectivity index (χ3n) is 2.82. The first-order valence-corrected chi connectivity index (χ1v) is 6.97. The van der Waals surface area contributed by atoms with Crippen LogP contribution >= 0.6 is 15.9 Å². The summed E-state index contributed by atoms with van der Waals surface area (Å²) in [6.45, 7) is 2.21. The molecule has 0 saturated carbocycles. The molecule has 3 heteroatoms. The average molecular weight is 301 g/mol. The zero-order valence-corrected chi connectivity index (χ0v) is 12.4. The van der Waals surface area contributed by atoms with Crippen LogP contribution in [0.3, 0.4) is 0 Å². The molecular formula is C14H21BrO2. The highest BCUT2D eigenvalue weighted by molar-refractivity contribution is 9.09. The molecule has 0 spiro atoms. The number of benzene rings is 1. The first-order valence-electron chi connectivity index (χ1n) is 6.06. The SMILES string of the molecule is CCCC(Br)CCc1cc(OC)ccc1OC. The molecule has 0 amide bonds. The summed E-state index contributed by atoms with van der Waals surface area (Å²) in [7, 11) is 3.40. The van der Waals surface area contributed by atoms with Crippen molar-refractivity contribution in [2.45, 2.75) is 37.4 Å². The summed E-state index contributed by atoms with van der Waals surface area (Å²) in [5.74, 6) is 1.84. The van der Waals surface area contributed by atoms with Gasteiger partial charge in [0, 0.05) is 4.83 Å². The van der Waals surface area contributed by atoms with Crippen LogP contribution in [0.1, 0.15) is 31.7 Å². The molecule has 1 atom stereocenters. The quantitative estimate of drug-likeness (QED) is 0.703. The minimum absolute atomic E-state index is 0.586. The van der Waals surface area contributed by atoms with Crippen LogP contribution in [-0.4, -0.2) is 19.0 Å². The highest BCUT2D eigenvalue weighted by Crippen LogP contribution is 2.26. The van der Waals surface area contributed by atoms with E-state index in [-0.39, 0.29) is 0 Å². The first kappa shape index (κ1) is 14.4. The van der Waals surface area contributed by atoms with Gasteiger partial charge in [0.05, 0.1) is 14.2 Å². The molecule has 0 radical (unpaired) electrons. The highest BCUT2D eigenvalue weighted by atomic mass is 79.9. The summed E-state index contributed by atoms with van der Waals surface area (Å²) >= 11 is 3.71. The molecule has 17 heavy (non-hydrogen) atoms.